The lowest BCUT2D eigenvalue weighted by Gasteiger charge is -2.31. The SMILES string of the molecule is CCCCCNC(=O)C(c1cc(C)cc(C)c1)N(C)C(=O)C(CC(N)=O)NC(=O)OC(C)(C)C. The van der Waals surface area contributed by atoms with Crippen LogP contribution in [0.15, 0.2) is 18.2 Å². The van der Waals surface area contributed by atoms with Crippen LogP contribution in [0.3, 0.4) is 0 Å². The molecule has 4 N–H and O–H groups in total. The minimum atomic E-state index is -1.28. The van der Waals surface area contributed by atoms with Gasteiger partial charge in [-0.3, -0.25) is 14.4 Å². The molecule has 190 valence electrons. The van der Waals surface area contributed by atoms with Crippen molar-refractivity contribution in [2.75, 3.05) is 13.6 Å². The molecule has 1 rings (SSSR count). The van der Waals surface area contributed by atoms with Gasteiger partial charge in [-0.1, -0.05) is 49.1 Å². The van der Waals surface area contributed by atoms with Crippen molar-refractivity contribution in [1.82, 2.24) is 15.5 Å². The zero-order valence-corrected chi connectivity index (χ0v) is 21.5. The first-order chi connectivity index (χ1) is 15.7. The van der Waals surface area contributed by atoms with Crippen molar-refractivity contribution in [1.29, 1.82) is 0 Å². The molecule has 0 aliphatic heterocycles. The maximum Gasteiger partial charge on any atom is 0.408 e. The lowest BCUT2D eigenvalue weighted by Crippen LogP contribution is -2.52. The van der Waals surface area contributed by atoms with Gasteiger partial charge in [-0.25, -0.2) is 4.79 Å². The maximum atomic E-state index is 13.4. The number of hydrogen-bond acceptors (Lipinski definition) is 5. The van der Waals surface area contributed by atoms with Crippen LogP contribution < -0.4 is 16.4 Å². The van der Waals surface area contributed by atoms with Crippen LogP contribution in [-0.4, -0.2) is 54.0 Å². The van der Waals surface area contributed by atoms with E-state index in [9.17, 15) is 19.2 Å². The highest BCUT2D eigenvalue weighted by Crippen LogP contribution is 2.24. The van der Waals surface area contributed by atoms with Gasteiger partial charge in [0.25, 0.3) is 0 Å². The lowest BCUT2D eigenvalue weighted by molar-refractivity contribution is -0.141. The van der Waals surface area contributed by atoms with Gasteiger partial charge < -0.3 is 26.0 Å². The van der Waals surface area contributed by atoms with E-state index in [1.165, 1.54) is 11.9 Å². The molecule has 34 heavy (non-hydrogen) atoms. The number of nitrogens with one attached hydrogen (secondary N) is 2. The van der Waals surface area contributed by atoms with E-state index in [0.29, 0.717) is 12.1 Å². The first-order valence-corrected chi connectivity index (χ1v) is 11.7. The number of carbonyl (C=O) groups excluding carboxylic acids is 4. The number of nitrogens with two attached hydrogens (primary N) is 1. The van der Waals surface area contributed by atoms with Crippen molar-refractivity contribution in [3.63, 3.8) is 0 Å². The molecule has 1 aromatic rings. The fourth-order valence-electron chi connectivity index (χ4n) is 3.63. The Morgan fingerprint density at radius 2 is 1.65 bits per heavy atom. The van der Waals surface area contributed by atoms with Gasteiger partial charge in [0.1, 0.15) is 17.7 Å². The van der Waals surface area contributed by atoms with Crippen molar-refractivity contribution < 1.29 is 23.9 Å². The van der Waals surface area contributed by atoms with Crippen LogP contribution in [-0.2, 0) is 19.1 Å². The topological polar surface area (TPSA) is 131 Å². The van der Waals surface area contributed by atoms with Crippen LogP contribution in [0.25, 0.3) is 0 Å². The Morgan fingerprint density at radius 3 is 2.15 bits per heavy atom. The molecule has 0 radical (unpaired) electrons. The van der Waals surface area contributed by atoms with Crippen molar-refractivity contribution in [3.8, 4) is 0 Å². The van der Waals surface area contributed by atoms with Crippen LogP contribution >= 0.6 is 0 Å². The molecule has 0 spiro atoms. The highest BCUT2D eigenvalue weighted by molar-refractivity contribution is 5.94. The Morgan fingerprint density at radius 1 is 1.06 bits per heavy atom. The molecule has 2 atom stereocenters. The first kappa shape index (κ1) is 28.9. The number of ether oxygens (including phenoxy) is 1. The largest absolute Gasteiger partial charge is 0.444 e. The van der Waals surface area contributed by atoms with Gasteiger partial charge in [-0.15, -0.1) is 0 Å². The van der Waals surface area contributed by atoms with E-state index in [1.807, 2.05) is 32.0 Å². The molecule has 1 aromatic carbocycles. The molecule has 0 aromatic heterocycles. The molecule has 0 heterocycles. The molecule has 0 saturated heterocycles. The number of primary amides is 1. The summed E-state index contributed by atoms with van der Waals surface area (Å²) in [4.78, 5) is 51.8. The smallest absolute Gasteiger partial charge is 0.408 e. The summed E-state index contributed by atoms with van der Waals surface area (Å²) >= 11 is 0. The number of alkyl carbamates (subject to hydrolysis) is 1. The van der Waals surface area contributed by atoms with Gasteiger partial charge in [-0.2, -0.15) is 0 Å². The fraction of sp³-hybridized carbons (Fsp3) is 0.600. The van der Waals surface area contributed by atoms with Crippen LogP contribution in [0, 0.1) is 13.8 Å². The van der Waals surface area contributed by atoms with Gasteiger partial charge in [0, 0.05) is 13.6 Å². The fourth-order valence-corrected chi connectivity index (χ4v) is 3.63. The zero-order chi connectivity index (χ0) is 26.1. The van der Waals surface area contributed by atoms with E-state index in [1.54, 1.807) is 20.8 Å². The van der Waals surface area contributed by atoms with Crippen LogP contribution in [0.5, 0.6) is 0 Å². The molecule has 0 aliphatic rings. The summed E-state index contributed by atoms with van der Waals surface area (Å²) < 4.78 is 5.23. The second-order valence-corrected chi connectivity index (χ2v) is 9.64. The Hall–Kier alpha value is -3.10. The number of rotatable bonds is 11. The average molecular weight is 477 g/mol. The van der Waals surface area contributed by atoms with E-state index in [0.717, 1.165) is 30.4 Å². The molecule has 2 unspecified atom stereocenters. The van der Waals surface area contributed by atoms with Crippen LogP contribution in [0.4, 0.5) is 4.79 Å². The Bertz CT molecular complexity index is 858. The number of carbonyl (C=O) groups is 4. The quantitative estimate of drug-likeness (QED) is 0.423. The van der Waals surface area contributed by atoms with Gasteiger partial charge in [0.15, 0.2) is 0 Å². The molecule has 9 heteroatoms. The predicted molar refractivity (Wildman–Crippen MR) is 131 cm³/mol. The van der Waals surface area contributed by atoms with Gasteiger partial charge in [0.2, 0.25) is 17.7 Å². The molecular weight excluding hydrogens is 436 g/mol. The lowest BCUT2D eigenvalue weighted by atomic mass is 9.98. The maximum absolute atomic E-state index is 13.4. The second kappa shape index (κ2) is 13.0. The summed E-state index contributed by atoms with van der Waals surface area (Å²) in [5.41, 5.74) is 7.06. The number of aryl methyl sites for hydroxylation is 2. The predicted octanol–water partition coefficient (Wildman–Crippen LogP) is 2.88. The minimum absolute atomic E-state index is 0.341. The number of unbranched alkanes of at least 4 members (excludes halogenated alkanes) is 2. The van der Waals surface area contributed by atoms with E-state index in [-0.39, 0.29) is 5.91 Å². The zero-order valence-electron chi connectivity index (χ0n) is 21.5. The van der Waals surface area contributed by atoms with E-state index in [4.69, 9.17) is 10.5 Å². The third-order valence-electron chi connectivity index (χ3n) is 5.02. The van der Waals surface area contributed by atoms with Gasteiger partial charge >= 0.3 is 6.09 Å². The van der Waals surface area contributed by atoms with E-state index >= 15 is 0 Å². The summed E-state index contributed by atoms with van der Waals surface area (Å²) in [6.45, 7) is 11.4. The highest BCUT2D eigenvalue weighted by Gasteiger charge is 2.35. The number of benzene rings is 1. The minimum Gasteiger partial charge on any atom is -0.444 e. The second-order valence-electron chi connectivity index (χ2n) is 9.64. The Balaban J connectivity index is 3.25. The number of amides is 4. The molecule has 0 saturated carbocycles. The van der Waals surface area contributed by atoms with E-state index < -0.39 is 42.0 Å². The van der Waals surface area contributed by atoms with Gasteiger partial charge in [0.05, 0.1) is 6.42 Å². The molecular formula is C25H40N4O5. The van der Waals surface area contributed by atoms with Crippen LogP contribution in [0.2, 0.25) is 0 Å². The molecule has 0 bridgehead atoms. The summed E-state index contributed by atoms with van der Waals surface area (Å²) in [5.74, 6) is -1.74. The first-order valence-electron chi connectivity index (χ1n) is 11.7. The third kappa shape index (κ3) is 9.80. The highest BCUT2D eigenvalue weighted by atomic mass is 16.6. The summed E-state index contributed by atoms with van der Waals surface area (Å²) in [6.07, 6.45) is 1.53. The summed E-state index contributed by atoms with van der Waals surface area (Å²) in [7, 11) is 1.47. The molecule has 9 nitrogen and oxygen atoms in total. The van der Waals surface area contributed by atoms with Crippen molar-refractivity contribution in [3.05, 3.63) is 34.9 Å². The molecule has 0 fully saturated rings. The van der Waals surface area contributed by atoms with Crippen LogP contribution in [0.1, 0.15) is 76.1 Å². The van der Waals surface area contributed by atoms with E-state index in [2.05, 4.69) is 17.6 Å². The normalized spacial score (nSPS) is 12.9. The molecule has 4 amide bonds. The van der Waals surface area contributed by atoms with Crippen molar-refractivity contribution in [2.24, 2.45) is 5.73 Å². The standard InChI is InChI=1S/C25H40N4O5/c1-8-9-10-11-27-22(31)21(18-13-16(2)12-17(3)14-18)29(7)23(32)19(15-20(26)30)28-24(33)34-25(4,5)6/h12-14,19,21H,8-11,15H2,1-7H3,(H2,26,30)(H,27,31)(H,28,33). The Labute approximate surface area is 202 Å². The number of nitrogens with zero attached hydrogens (tertiary/aromatic N) is 1. The number of likely N-dealkylation sites (N-methyl/N-ethyl adjacent to an activating group) is 1. The van der Waals surface area contributed by atoms with Gasteiger partial charge in [-0.05, 0) is 46.6 Å². The summed E-state index contributed by atoms with van der Waals surface area (Å²) in [5, 5.41) is 5.33. The monoisotopic (exact) mass is 476 g/mol. The van der Waals surface area contributed by atoms with Crippen molar-refractivity contribution >= 4 is 23.8 Å². The summed E-state index contributed by atoms with van der Waals surface area (Å²) in [6, 6.07) is 3.43. The Kier molecular flexibility index (Phi) is 11.0. The molecule has 0 aliphatic carbocycles. The van der Waals surface area contributed by atoms with Crippen molar-refractivity contribution in [2.45, 2.75) is 84.9 Å². The number of hydrogen-bond donors (Lipinski definition) is 3. The third-order valence-corrected chi connectivity index (χ3v) is 5.02. The average Bonchev–Trinajstić information content (AvgIpc) is 2.67.